The molecule has 0 aliphatic carbocycles. The van der Waals surface area contributed by atoms with Crippen LogP contribution in [-0.2, 0) is 0 Å². The number of Topliss-reactive ketones (excluding diaryl/α,β-unsaturated/α-hetero) is 1. The fraction of sp³-hybridized carbons (Fsp3) is 0.222. The van der Waals surface area contributed by atoms with E-state index in [4.69, 9.17) is 5.11 Å². The van der Waals surface area contributed by atoms with Crippen molar-refractivity contribution < 1.29 is 18.7 Å². The Labute approximate surface area is 73.8 Å². The van der Waals surface area contributed by atoms with Gasteiger partial charge in [-0.05, 0) is 18.2 Å². The highest BCUT2D eigenvalue weighted by molar-refractivity contribution is 5.96. The second-order valence-electron chi connectivity index (χ2n) is 2.53. The summed E-state index contributed by atoms with van der Waals surface area (Å²) >= 11 is 0. The van der Waals surface area contributed by atoms with E-state index >= 15 is 0 Å². The van der Waals surface area contributed by atoms with E-state index in [-0.39, 0.29) is 18.6 Å². The molecule has 0 aliphatic heterocycles. The van der Waals surface area contributed by atoms with E-state index in [1.165, 1.54) is 6.07 Å². The highest BCUT2D eigenvalue weighted by Gasteiger charge is 2.08. The van der Waals surface area contributed by atoms with Crippen LogP contribution >= 0.6 is 0 Å². The largest absolute Gasteiger partial charge is 0.396 e. The predicted octanol–water partition coefficient (Wildman–Crippen LogP) is 1.53. The maximum atomic E-state index is 12.6. The summed E-state index contributed by atoms with van der Waals surface area (Å²) in [6.45, 7) is -0.294. The molecule has 0 amide bonds. The molecule has 1 rings (SSSR count). The second kappa shape index (κ2) is 4.09. The average Bonchev–Trinajstić information content (AvgIpc) is 2.10. The van der Waals surface area contributed by atoms with Gasteiger partial charge >= 0.3 is 0 Å². The maximum Gasteiger partial charge on any atom is 0.165 e. The molecular weight excluding hydrogens is 178 g/mol. The van der Waals surface area contributed by atoms with Crippen molar-refractivity contribution >= 4 is 5.78 Å². The SMILES string of the molecule is O=C(CCO)c1ccc(F)c(F)c1. The van der Waals surface area contributed by atoms with Crippen LogP contribution in [0, 0.1) is 11.6 Å². The van der Waals surface area contributed by atoms with Crippen molar-refractivity contribution in [2.24, 2.45) is 0 Å². The summed E-state index contributed by atoms with van der Waals surface area (Å²) in [5.41, 5.74) is 0.0768. The molecule has 0 radical (unpaired) electrons. The molecule has 1 aromatic rings. The third-order valence-corrected chi connectivity index (χ3v) is 1.58. The molecule has 0 unspecified atom stereocenters. The number of aliphatic hydroxyl groups is 1. The number of benzene rings is 1. The van der Waals surface area contributed by atoms with Crippen LogP contribution in [0.1, 0.15) is 16.8 Å². The first-order valence-corrected chi connectivity index (χ1v) is 3.74. The minimum atomic E-state index is -1.05. The molecule has 0 saturated carbocycles. The normalized spacial score (nSPS) is 10.1. The summed E-state index contributed by atoms with van der Waals surface area (Å²) < 4.78 is 25.0. The van der Waals surface area contributed by atoms with Crippen LogP contribution in [0.2, 0.25) is 0 Å². The lowest BCUT2D eigenvalue weighted by Gasteiger charge is -1.98. The average molecular weight is 186 g/mol. The lowest BCUT2D eigenvalue weighted by atomic mass is 10.1. The molecule has 4 heteroatoms. The Bertz CT molecular complexity index is 323. The zero-order chi connectivity index (χ0) is 9.84. The second-order valence-corrected chi connectivity index (χ2v) is 2.53. The van der Waals surface area contributed by atoms with E-state index in [2.05, 4.69) is 0 Å². The van der Waals surface area contributed by atoms with Crippen molar-refractivity contribution in [3.63, 3.8) is 0 Å². The van der Waals surface area contributed by atoms with Crippen LogP contribution in [0.3, 0.4) is 0 Å². The number of carbonyl (C=O) groups is 1. The highest BCUT2D eigenvalue weighted by atomic mass is 19.2. The number of hydrogen-bond acceptors (Lipinski definition) is 2. The third-order valence-electron chi connectivity index (χ3n) is 1.58. The standard InChI is InChI=1S/C9H8F2O2/c10-7-2-1-6(5-8(7)11)9(13)3-4-12/h1-2,5,12H,3-4H2. The van der Waals surface area contributed by atoms with Crippen molar-refractivity contribution in [1.82, 2.24) is 0 Å². The predicted molar refractivity (Wildman–Crippen MR) is 42.4 cm³/mol. The summed E-state index contributed by atoms with van der Waals surface area (Å²) in [5.74, 6) is -2.44. The number of aliphatic hydroxyl groups excluding tert-OH is 1. The lowest BCUT2D eigenvalue weighted by Crippen LogP contribution is -2.02. The molecule has 1 N–H and O–H groups in total. The Morgan fingerprint density at radius 2 is 2.00 bits per heavy atom. The molecule has 1 aromatic carbocycles. The van der Waals surface area contributed by atoms with Gasteiger partial charge in [-0.3, -0.25) is 4.79 Å². The number of ketones is 1. The van der Waals surface area contributed by atoms with Crippen LogP contribution < -0.4 is 0 Å². The molecule has 0 atom stereocenters. The number of hydrogen-bond donors (Lipinski definition) is 1. The molecule has 13 heavy (non-hydrogen) atoms. The van der Waals surface area contributed by atoms with Gasteiger partial charge in [-0.15, -0.1) is 0 Å². The Morgan fingerprint density at radius 1 is 1.31 bits per heavy atom. The van der Waals surface area contributed by atoms with Crippen molar-refractivity contribution in [2.45, 2.75) is 6.42 Å². The van der Waals surface area contributed by atoms with Gasteiger partial charge in [0.2, 0.25) is 0 Å². The lowest BCUT2D eigenvalue weighted by molar-refractivity contribution is 0.0956. The van der Waals surface area contributed by atoms with E-state index in [0.29, 0.717) is 0 Å². The molecule has 70 valence electrons. The quantitative estimate of drug-likeness (QED) is 0.727. The minimum absolute atomic E-state index is 0.0768. The van der Waals surface area contributed by atoms with E-state index in [1.807, 2.05) is 0 Å². The Kier molecular flexibility index (Phi) is 3.08. The van der Waals surface area contributed by atoms with Crippen LogP contribution in [0.25, 0.3) is 0 Å². The number of halogens is 2. The van der Waals surface area contributed by atoms with E-state index in [9.17, 15) is 13.6 Å². The topological polar surface area (TPSA) is 37.3 Å². The van der Waals surface area contributed by atoms with Gasteiger partial charge in [0.25, 0.3) is 0 Å². The van der Waals surface area contributed by atoms with Gasteiger partial charge < -0.3 is 5.11 Å². The van der Waals surface area contributed by atoms with Gasteiger partial charge in [0.15, 0.2) is 17.4 Å². The molecule has 2 nitrogen and oxygen atoms in total. The maximum absolute atomic E-state index is 12.6. The van der Waals surface area contributed by atoms with Gasteiger partial charge in [-0.1, -0.05) is 0 Å². The van der Waals surface area contributed by atoms with Crippen molar-refractivity contribution in [1.29, 1.82) is 0 Å². The first-order chi connectivity index (χ1) is 6.15. The summed E-state index contributed by atoms with van der Waals surface area (Å²) in [7, 11) is 0. The van der Waals surface area contributed by atoms with Crippen molar-refractivity contribution in [3.05, 3.63) is 35.4 Å². The third kappa shape index (κ3) is 2.32. The Hall–Kier alpha value is -1.29. The van der Waals surface area contributed by atoms with Crippen LogP contribution in [0.15, 0.2) is 18.2 Å². The van der Waals surface area contributed by atoms with Gasteiger partial charge in [-0.25, -0.2) is 8.78 Å². The number of rotatable bonds is 3. The minimum Gasteiger partial charge on any atom is -0.396 e. The molecule has 0 bridgehead atoms. The monoisotopic (exact) mass is 186 g/mol. The Balaban J connectivity index is 2.90. The molecule has 0 aromatic heterocycles. The first kappa shape index (κ1) is 9.80. The summed E-state index contributed by atoms with van der Waals surface area (Å²) in [4.78, 5) is 11.1. The molecule has 0 aliphatic rings. The molecule has 0 heterocycles. The molecular formula is C9H8F2O2. The zero-order valence-electron chi connectivity index (χ0n) is 6.76. The van der Waals surface area contributed by atoms with Crippen LogP contribution in [0.4, 0.5) is 8.78 Å². The zero-order valence-corrected chi connectivity index (χ0v) is 6.76. The summed E-state index contributed by atoms with van der Waals surface area (Å²) in [6, 6.07) is 2.91. The van der Waals surface area contributed by atoms with E-state index in [0.717, 1.165) is 12.1 Å². The molecule has 0 fully saturated rings. The van der Waals surface area contributed by atoms with Crippen LogP contribution in [0.5, 0.6) is 0 Å². The van der Waals surface area contributed by atoms with E-state index < -0.39 is 17.4 Å². The summed E-state index contributed by atoms with van der Waals surface area (Å²) in [6.07, 6.45) is -0.0783. The van der Waals surface area contributed by atoms with Crippen molar-refractivity contribution in [2.75, 3.05) is 6.61 Å². The van der Waals surface area contributed by atoms with Gasteiger partial charge in [0, 0.05) is 12.0 Å². The molecule has 0 saturated heterocycles. The number of carbonyl (C=O) groups excluding carboxylic acids is 1. The highest BCUT2D eigenvalue weighted by Crippen LogP contribution is 2.10. The molecule has 0 spiro atoms. The van der Waals surface area contributed by atoms with Crippen LogP contribution in [-0.4, -0.2) is 17.5 Å². The fourth-order valence-corrected chi connectivity index (χ4v) is 0.915. The van der Waals surface area contributed by atoms with Gasteiger partial charge in [-0.2, -0.15) is 0 Å². The Morgan fingerprint density at radius 3 is 2.54 bits per heavy atom. The van der Waals surface area contributed by atoms with Gasteiger partial charge in [0.1, 0.15) is 0 Å². The fourth-order valence-electron chi connectivity index (χ4n) is 0.915. The van der Waals surface area contributed by atoms with Crippen molar-refractivity contribution in [3.8, 4) is 0 Å². The first-order valence-electron chi connectivity index (χ1n) is 3.74. The van der Waals surface area contributed by atoms with E-state index in [1.54, 1.807) is 0 Å². The van der Waals surface area contributed by atoms with Gasteiger partial charge in [0.05, 0.1) is 6.61 Å². The smallest absolute Gasteiger partial charge is 0.165 e. The summed E-state index contributed by atoms with van der Waals surface area (Å²) in [5, 5.41) is 8.43.